The van der Waals surface area contributed by atoms with Gasteiger partial charge < -0.3 is 4.42 Å². The van der Waals surface area contributed by atoms with Crippen LogP contribution in [0.15, 0.2) is 59.1 Å². The summed E-state index contributed by atoms with van der Waals surface area (Å²) in [5.74, 6) is 0.496. The average Bonchev–Trinajstić information content (AvgIpc) is 3.10. The third-order valence-corrected chi connectivity index (χ3v) is 5.77. The van der Waals surface area contributed by atoms with Gasteiger partial charge in [0.15, 0.2) is 0 Å². The Kier molecular flexibility index (Phi) is 3.90. The molecule has 2 aromatic heterocycles. The molecule has 2 aromatic carbocycles. The van der Waals surface area contributed by atoms with Crippen molar-refractivity contribution in [3.63, 3.8) is 0 Å². The van der Waals surface area contributed by atoms with Crippen molar-refractivity contribution in [1.82, 2.24) is 4.98 Å². The van der Waals surface area contributed by atoms with Gasteiger partial charge in [-0.05, 0) is 60.7 Å². The zero-order valence-corrected chi connectivity index (χ0v) is 15.1. The first-order valence-corrected chi connectivity index (χ1v) is 9.65. The highest BCUT2D eigenvalue weighted by molar-refractivity contribution is 6.06. The molecule has 3 nitrogen and oxygen atoms in total. The van der Waals surface area contributed by atoms with Crippen molar-refractivity contribution < 1.29 is 4.42 Å². The molecule has 27 heavy (non-hydrogen) atoms. The summed E-state index contributed by atoms with van der Waals surface area (Å²) in [6.45, 7) is 0. The number of fused-ring (bicyclic) bond motifs is 3. The van der Waals surface area contributed by atoms with Crippen LogP contribution in [0.4, 0.5) is 0 Å². The van der Waals surface area contributed by atoms with Crippen LogP contribution in [0.1, 0.15) is 49.1 Å². The maximum absolute atomic E-state index is 9.68. The third kappa shape index (κ3) is 2.78. The van der Waals surface area contributed by atoms with E-state index in [1.54, 1.807) is 6.20 Å². The fraction of sp³-hybridized carbons (Fsp3) is 0.250. The number of rotatable bonds is 2. The molecule has 1 aliphatic carbocycles. The molecule has 0 N–H and O–H groups in total. The minimum absolute atomic E-state index is 0.496. The summed E-state index contributed by atoms with van der Waals surface area (Å²) in [5, 5.41) is 11.9. The molecule has 0 amide bonds. The molecule has 4 aromatic rings. The molecular formula is C24H20N2O. The van der Waals surface area contributed by atoms with Gasteiger partial charge in [0.2, 0.25) is 0 Å². The molecule has 0 saturated heterocycles. The summed E-state index contributed by atoms with van der Waals surface area (Å²) in [4.78, 5) is 4.43. The fourth-order valence-corrected chi connectivity index (χ4v) is 4.38. The highest BCUT2D eigenvalue weighted by Gasteiger charge is 2.21. The normalized spacial score (nSPS) is 15.2. The maximum atomic E-state index is 9.68. The Morgan fingerprint density at radius 2 is 1.78 bits per heavy atom. The Balaban J connectivity index is 1.67. The quantitative estimate of drug-likeness (QED) is 0.410. The highest BCUT2D eigenvalue weighted by atomic mass is 16.3. The van der Waals surface area contributed by atoms with Crippen LogP contribution in [-0.4, -0.2) is 4.98 Å². The first kappa shape index (κ1) is 16.1. The van der Waals surface area contributed by atoms with Gasteiger partial charge in [-0.15, -0.1) is 0 Å². The second kappa shape index (κ2) is 6.55. The number of benzene rings is 2. The number of nitrogens with zero attached hydrogens (tertiary/aromatic N) is 2. The number of furan rings is 1. The van der Waals surface area contributed by atoms with E-state index in [1.807, 2.05) is 30.3 Å². The van der Waals surface area contributed by atoms with Crippen LogP contribution in [0.5, 0.6) is 0 Å². The van der Waals surface area contributed by atoms with Crippen LogP contribution < -0.4 is 0 Å². The van der Waals surface area contributed by atoms with Crippen molar-refractivity contribution in [3.8, 4) is 17.3 Å². The van der Waals surface area contributed by atoms with E-state index in [9.17, 15) is 5.26 Å². The van der Waals surface area contributed by atoms with Crippen LogP contribution in [0, 0.1) is 11.3 Å². The molecule has 2 heterocycles. The van der Waals surface area contributed by atoms with E-state index < -0.39 is 0 Å². The van der Waals surface area contributed by atoms with E-state index >= 15 is 0 Å². The van der Waals surface area contributed by atoms with Crippen molar-refractivity contribution in [2.24, 2.45) is 0 Å². The van der Waals surface area contributed by atoms with Gasteiger partial charge in [-0.1, -0.05) is 31.4 Å². The molecule has 5 rings (SSSR count). The number of hydrogen-bond donors (Lipinski definition) is 0. The number of hydrogen-bond acceptors (Lipinski definition) is 3. The summed E-state index contributed by atoms with van der Waals surface area (Å²) < 4.78 is 6.12. The zero-order valence-electron chi connectivity index (χ0n) is 15.1. The molecule has 0 bridgehead atoms. The molecule has 132 valence electrons. The Hall–Kier alpha value is -3.12. The second-order valence-corrected chi connectivity index (χ2v) is 7.41. The van der Waals surface area contributed by atoms with Crippen molar-refractivity contribution in [1.29, 1.82) is 5.26 Å². The van der Waals surface area contributed by atoms with Crippen molar-refractivity contribution >= 4 is 21.9 Å². The number of pyridine rings is 1. The van der Waals surface area contributed by atoms with E-state index in [1.165, 1.54) is 37.7 Å². The van der Waals surface area contributed by atoms with Gasteiger partial charge in [0.05, 0.1) is 17.3 Å². The van der Waals surface area contributed by atoms with Crippen LogP contribution in [0.25, 0.3) is 33.2 Å². The predicted molar refractivity (Wildman–Crippen MR) is 107 cm³/mol. The molecule has 1 fully saturated rings. The smallest absolute Gasteiger partial charge is 0.136 e. The SMILES string of the molecule is N#Cc1cc2oc3cc(-c4ccccn4)ccc3c2cc1C1CCCCC1. The molecular weight excluding hydrogens is 332 g/mol. The lowest BCUT2D eigenvalue weighted by atomic mass is 9.82. The van der Waals surface area contributed by atoms with Crippen LogP contribution in [0.3, 0.4) is 0 Å². The molecule has 0 aliphatic heterocycles. The summed E-state index contributed by atoms with van der Waals surface area (Å²) in [6, 6.07) is 18.7. The van der Waals surface area contributed by atoms with E-state index in [2.05, 4.69) is 29.3 Å². The van der Waals surface area contributed by atoms with Crippen molar-refractivity contribution in [2.75, 3.05) is 0 Å². The van der Waals surface area contributed by atoms with E-state index in [-0.39, 0.29) is 0 Å². The molecule has 1 saturated carbocycles. The summed E-state index contributed by atoms with van der Waals surface area (Å²) in [5.41, 5.74) is 5.56. The first-order valence-electron chi connectivity index (χ1n) is 9.65. The van der Waals surface area contributed by atoms with E-state index in [4.69, 9.17) is 4.42 Å². The molecule has 0 radical (unpaired) electrons. The van der Waals surface area contributed by atoms with Crippen molar-refractivity contribution in [2.45, 2.75) is 38.0 Å². The molecule has 0 atom stereocenters. The Labute approximate surface area is 158 Å². The minimum Gasteiger partial charge on any atom is -0.456 e. The lowest BCUT2D eigenvalue weighted by Gasteiger charge is -2.22. The molecule has 1 aliphatic rings. The molecule has 0 unspecified atom stereocenters. The van der Waals surface area contributed by atoms with E-state index in [0.717, 1.165) is 38.8 Å². The van der Waals surface area contributed by atoms with E-state index in [0.29, 0.717) is 5.92 Å². The van der Waals surface area contributed by atoms with Crippen LogP contribution in [0.2, 0.25) is 0 Å². The van der Waals surface area contributed by atoms with Gasteiger partial charge >= 0.3 is 0 Å². The minimum atomic E-state index is 0.496. The number of aromatic nitrogens is 1. The third-order valence-electron chi connectivity index (χ3n) is 5.77. The van der Waals surface area contributed by atoms with Crippen LogP contribution in [-0.2, 0) is 0 Å². The summed E-state index contributed by atoms with van der Waals surface area (Å²) in [6.07, 6.45) is 7.99. The van der Waals surface area contributed by atoms with Gasteiger partial charge in [0, 0.05) is 22.5 Å². The van der Waals surface area contributed by atoms with Gasteiger partial charge in [0.1, 0.15) is 11.2 Å². The van der Waals surface area contributed by atoms with Crippen LogP contribution >= 0.6 is 0 Å². The highest BCUT2D eigenvalue weighted by Crippen LogP contribution is 2.39. The summed E-state index contributed by atoms with van der Waals surface area (Å²) in [7, 11) is 0. The topological polar surface area (TPSA) is 49.8 Å². The predicted octanol–water partition coefficient (Wildman–Crippen LogP) is 6.57. The van der Waals surface area contributed by atoms with Gasteiger partial charge in [-0.25, -0.2) is 0 Å². The van der Waals surface area contributed by atoms with Gasteiger partial charge in [-0.2, -0.15) is 5.26 Å². The average molecular weight is 352 g/mol. The fourth-order valence-electron chi connectivity index (χ4n) is 4.38. The summed E-state index contributed by atoms with van der Waals surface area (Å²) >= 11 is 0. The Morgan fingerprint density at radius 1 is 0.926 bits per heavy atom. The lowest BCUT2D eigenvalue weighted by Crippen LogP contribution is -2.06. The first-order chi connectivity index (χ1) is 13.3. The second-order valence-electron chi connectivity index (χ2n) is 7.41. The lowest BCUT2D eigenvalue weighted by molar-refractivity contribution is 0.443. The Morgan fingerprint density at radius 3 is 2.56 bits per heavy atom. The van der Waals surface area contributed by atoms with Gasteiger partial charge in [-0.3, -0.25) is 4.98 Å². The standard InChI is InChI=1S/C24H20N2O/c25-15-18-13-24-21(14-20(18)16-6-2-1-3-7-16)19-10-9-17(12-23(19)27-24)22-8-4-5-11-26-22/h4-5,8-14,16H,1-3,6-7H2. The zero-order chi connectivity index (χ0) is 18.2. The molecule has 3 heteroatoms. The Bertz CT molecular complexity index is 1160. The van der Waals surface area contributed by atoms with Crippen molar-refractivity contribution in [3.05, 3.63) is 65.9 Å². The monoisotopic (exact) mass is 352 g/mol. The molecule has 0 spiro atoms. The maximum Gasteiger partial charge on any atom is 0.136 e. The largest absolute Gasteiger partial charge is 0.456 e. The van der Waals surface area contributed by atoms with Gasteiger partial charge in [0.25, 0.3) is 0 Å². The number of nitriles is 1.